The molecule has 0 unspecified atom stereocenters. The number of benzene rings is 4. The Balaban J connectivity index is 1.18. The number of alkyl halides is 3. The molecule has 6 rings (SSSR count). The molecular weight excluding hydrogens is 704 g/mol. The maximum Gasteiger partial charge on any atom is 0.475 e. The van der Waals surface area contributed by atoms with Gasteiger partial charge in [0.15, 0.2) is 0 Å². The largest absolute Gasteiger partial charge is 0.491 e. The van der Waals surface area contributed by atoms with Crippen molar-refractivity contribution < 1.29 is 36.0 Å². The van der Waals surface area contributed by atoms with E-state index in [1.165, 1.54) is 18.6 Å². The molecule has 9 nitrogen and oxygen atoms in total. The molecule has 6 aromatic rings. The van der Waals surface area contributed by atoms with Gasteiger partial charge in [0.05, 0.1) is 36.6 Å². The van der Waals surface area contributed by atoms with Gasteiger partial charge in [-0.1, -0.05) is 93.6 Å². The molecule has 0 amide bonds. The number of phosphoric ester groups is 1. The summed E-state index contributed by atoms with van der Waals surface area (Å²) in [4.78, 5) is 12.7. The summed E-state index contributed by atoms with van der Waals surface area (Å²) in [5.41, 5.74) is 2.61. The second-order valence-corrected chi connectivity index (χ2v) is 14.8. The van der Waals surface area contributed by atoms with E-state index in [-0.39, 0.29) is 43.1 Å². The monoisotopic (exact) mass is 742 g/mol. The van der Waals surface area contributed by atoms with Crippen molar-refractivity contribution in [2.45, 2.75) is 45.6 Å². The Kier molecular flexibility index (Phi) is 11.5. The summed E-state index contributed by atoms with van der Waals surface area (Å²) < 4.78 is 78.3. The number of rotatable bonds is 14. The van der Waals surface area contributed by atoms with E-state index in [0.717, 1.165) is 22.8 Å². The number of anilines is 2. The van der Waals surface area contributed by atoms with Gasteiger partial charge >= 0.3 is 14.0 Å². The van der Waals surface area contributed by atoms with Gasteiger partial charge in [-0.2, -0.15) is 13.2 Å². The minimum atomic E-state index is -4.56. The summed E-state index contributed by atoms with van der Waals surface area (Å²) in [6, 6.07) is 31.4. The van der Waals surface area contributed by atoms with Gasteiger partial charge in [-0.05, 0) is 52.4 Å². The molecule has 0 spiro atoms. The van der Waals surface area contributed by atoms with Crippen molar-refractivity contribution in [2.75, 3.05) is 18.5 Å². The SMILES string of the molecule is CC(C)(C)c1ccc(Nc2ncnc3cc(-c4ncccc4C(F)(F)F)ccc23)cc1OCCOP(=O)(OCc1ccccc1)OCc1ccccc1. The molecular formula is C40H38F3N4O5P. The molecule has 53 heavy (non-hydrogen) atoms. The lowest BCUT2D eigenvalue weighted by molar-refractivity contribution is -0.137. The molecule has 0 aliphatic rings. The van der Waals surface area contributed by atoms with E-state index in [1.807, 2.05) is 78.9 Å². The van der Waals surface area contributed by atoms with Crippen LogP contribution in [0, 0.1) is 0 Å². The first-order valence-corrected chi connectivity index (χ1v) is 18.3. The maximum atomic E-state index is 13.7. The van der Waals surface area contributed by atoms with Gasteiger partial charge in [-0.3, -0.25) is 18.6 Å². The van der Waals surface area contributed by atoms with Gasteiger partial charge in [0, 0.05) is 28.9 Å². The summed E-state index contributed by atoms with van der Waals surface area (Å²) >= 11 is 0. The number of nitrogens with zero attached hydrogens (tertiary/aromatic N) is 3. The van der Waals surface area contributed by atoms with E-state index in [1.54, 1.807) is 18.2 Å². The van der Waals surface area contributed by atoms with Crippen LogP contribution >= 0.6 is 7.82 Å². The molecule has 1 N–H and O–H groups in total. The highest BCUT2D eigenvalue weighted by Gasteiger charge is 2.34. The zero-order valence-corrected chi connectivity index (χ0v) is 30.2. The smallest absolute Gasteiger partial charge is 0.475 e. The molecule has 0 bridgehead atoms. The Morgan fingerprint density at radius 3 is 2.02 bits per heavy atom. The minimum absolute atomic E-state index is 0.0342. The fraction of sp³-hybridized carbons (Fsp3) is 0.225. The number of fused-ring (bicyclic) bond motifs is 1. The average molecular weight is 743 g/mol. The number of hydrogen-bond donors (Lipinski definition) is 1. The van der Waals surface area contributed by atoms with Crippen molar-refractivity contribution in [3.05, 3.63) is 144 Å². The first kappa shape index (κ1) is 37.6. The van der Waals surface area contributed by atoms with E-state index >= 15 is 0 Å². The quantitative estimate of drug-likeness (QED) is 0.0862. The second kappa shape index (κ2) is 16.3. The highest BCUT2D eigenvalue weighted by Crippen LogP contribution is 2.51. The lowest BCUT2D eigenvalue weighted by Crippen LogP contribution is -2.15. The lowest BCUT2D eigenvalue weighted by atomic mass is 9.86. The Morgan fingerprint density at radius 2 is 1.38 bits per heavy atom. The Morgan fingerprint density at radius 1 is 0.698 bits per heavy atom. The van der Waals surface area contributed by atoms with Gasteiger partial charge in [-0.15, -0.1) is 0 Å². The third-order valence-electron chi connectivity index (χ3n) is 8.13. The zero-order chi connectivity index (χ0) is 37.5. The molecule has 0 saturated carbocycles. The van der Waals surface area contributed by atoms with Gasteiger partial charge in [-0.25, -0.2) is 14.5 Å². The van der Waals surface area contributed by atoms with Crippen LogP contribution in [0.5, 0.6) is 5.75 Å². The summed E-state index contributed by atoms with van der Waals surface area (Å²) in [5, 5.41) is 3.89. The first-order valence-electron chi connectivity index (χ1n) is 16.8. The van der Waals surface area contributed by atoms with Crippen LogP contribution in [0.3, 0.4) is 0 Å². The number of phosphoric acid groups is 1. The molecule has 0 aliphatic carbocycles. The van der Waals surface area contributed by atoms with Crippen molar-refractivity contribution in [3.8, 4) is 17.0 Å². The molecule has 4 aromatic carbocycles. The summed E-state index contributed by atoms with van der Waals surface area (Å²) in [5.74, 6) is 1.01. The standard InChI is InChI=1S/C40H38F3N4O5P/c1-39(2,3)33-19-17-31(47-38-32-18-16-30(23-35(32)45-27-46-38)37-34(40(41,42)43)15-10-20-44-37)24-36(33)49-21-22-50-53(48,51-25-28-11-6-4-7-12-28)52-26-29-13-8-5-9-14-29/h4-20,23-24,27H,21-22,25-26H2,1-3H3,(H,45,46,47). The van der Waals surface area contributed by atoms with Gasteiger partial charge in [0.25, 0.3) is 0 Å². The minimum Gasteiger partial charge on any atom is -0.491 e. The van der Waals surface area contributed by atoms with Crippen LogP contribution in [-0.4, -0.2) is 28.2 Å². The normalized spacial score (nSPS) is 12.2. The highest BCUT2D eigenvalue weighted by molar-refractivity contribution is 7.48. The molecule has 2 heterocycles. The summed E-state index contributed by atoms with van der Waals surface area (Å²) in [7, 11) is -4.00. The Hall–Kier alpha value is -5.13. The third kappa shape index (κ3) is 9.85. The number of halogens is 3. The molecule has 0 fully saturated rings. The van der Waals surface area contributed by atoms with E-state index in [9.17, 15) is 17.7 Å². The van der Waals surface area contributed by atoms with Crippen LogP contribution < -0.4 is 10.1 Å². The molecule has 0 atom stereocenters. The van der Waals surface area contributed by atoms with Gasteiger partial charge in [0.2, 0.25) is 0 Å². The maximum absolute atomic E-state index is 13.7. The second-order valence-electron chi connectivity index (χ2n) is 13.1. The van der Waals surface area contributed by atoms with Crippen molar-refractivity contribution in [3.63, 3.8) is 0 Å². The Bertz CT molecular complexity index is 2150. The number of nitrogens with one attached hydrogen (secondary N) is 1. The van der Waals surface area contributed by atoms with Crippen LogP contribution in [0.15, 0.2) is 122 Å². The van der Waals surface area contributed by atoms with E-state index in [2.05, 4.69) is 41.0 Å². The predicted molar refractivity (Wildman–Crippen MR) is 198 cm³/mol. The van der Waals surface area contributed by atoms with E-state index in [4.69, 9.17) is 18.3 Å². The van der Waals surface area contributed by atoms with Crippen molar-refractivity contribution in [2.24, 2.45) is 0 Å². The molecule has 274 valence electrons. The molecule has 0 aliphatic heterocycles. The van der Waals surface area contributed by atoms with Gasteiger partial charge < -0.3 is 10.1 Å². The van der Waals surface area contributed by atoms with Gasteiger partial charge in [0.1, 0.15) is 24.5 Å². The topological polar surface area (TPSA) is 105 Å². The van der Waals surface area contributed by atoms with E-state index in [0.29, 0.717) is 28.2 Å². The third-order valence-corrected chi connectivity index (χ3v) is 9.52. The zero-order valence-electron chi connectivity index (χ0n) is 29.3. The molecule has 0 radical (unpaired) electrons. The van der Waals surface area contributed by atoms with Crippen LogP contribution in [0.1, 0.15) is 43.0 Å². The number of pyridine rings is 1. The van der Waals surface area contributed by atoms with Crippen molar-refractivity contribution in [1.29, 1.82) is 0 Å². The van der Waals surface area contributed by atoms with Crippen LogP contribution in [0.2, 0.25) is 0 Å². The van der Waals surface area contributed by atoms with Crippen LogP contribution in [-0.2, 0) is 42.9 Å². The van der Waals surface area contributed by atoms with Crippen molar-refractivity contribution >= 4 is 30.2 Å². The summed E-state index contributed by atoms with van der Waals surface area (Å²) in [6.45, 7) is 6.19. The number of ether oxygens (including phenoxy) is 1. The Labute approximate surface area is 305 Å². The van der Waals surface area contributed by atoms with Crippen LogP contribution in [0.4, 0.5) is 24.7 Å². The van der Waals surface area contributed by atoms with E-state index < -0.39 is 19.6 Å². The highest BCUT2D eigenvalue weighted by atomic mass is 31.2. The lowest BCUT2D eigenvalue weighted by Gasteiger charge is -2.24. The first-order chi connectivity index (χ1) is 25.4. The van der Waals surface area contributed by atoms with Crippen LogP contribution in [0.25, 0.3) is 22.2 Å². The molecule has 0 saturated heterocycles. The molecule has 13 heteroatoms. The summed E-state index contributed by atoms with van der Waals surface area (Å²) in [6.07, 6.45) is -1.89. The van der Waals surface area contributed by atoms with Crippen molar-refractivity contribution in [1.82, 2.24) is 15.0 Å². The fourth-order valence-corrected chi connectivity index (χ4v) is 6.65. The number of aromatic nitrogens is 3. The fourth-order valence-electron chi connectivity index (χ4n) is 5.51. The average Bonchev–Trinajstić information content (AvgIpc) is 3.15. The molecule has 2 aromatic heterocycles. The predicted octanol–water partition coefficient (Wildman–Crippen LogP) is 10.7. The number of hydrogen-bond acceptors (Lipinski definition) is 9.